The number of alkyl halides is 3. The number of nitrogens with zero attached hydrogens (tertiary/aromatic N) is 4. The minimum atomic E-state index is -4.07. The second-order valence-electron chi connectivity index (χ2n) is 5.73. The Morgan fingerprint density at radius 2 is 2.04 bits per heavy atom. The van der Waals surface area contributed by atoms with Gasteiger partial charge in [-0.2, -0.15) is 18.3 Å². The smallest absolute Gasteiger partial charge is 0.357 e. The molecule has 1 saturated carbocycles. The average Bonchev–Trinajstić information content (AvgIpc) is 2.90. The van der Waals surface area contributed by atoms with E-state index in [1.165, 1.54) is 6.33 Å². The van der Waals surface area contributed by atoms with Crippen molar-refractivity contribution in [1.29, 1.82) is 0 Å². The maximum Gasteiger partial charge on any atom is 0.391 e. The maximum atomic E-state index is 12.7. The number of aliphatic imine (C=N–C) groups is 1. The van der Waals surface area contributed by atoms with E-state index in [1.54, 1.807) is 11.7 Å². The second kappa shape index (κ2) is 7.65. The van der Waals surface area contributed by atoms with Crippen LogP contribution in [0.2, 0.25) is 0 Å². The fourth-order valence-electron chi connectivity index (χ4n) is 2.69. The zero-order chi connectivity index (χ0) is 16.9. The minimum Gasteiger partial charge on any atom is -0.357 e. The average molecular weight is 332 g/mol. The first-order valence-corrected chi connectivity index (χ1v) is 7.84. The highest BCUT2D eigenvalue weighted by Crippen LogP contribution is 2.37. The van der Waals surface area contributed by atoms with Crippen molar-refractivity contribution in [2.24, 2.45) is 18.0 Å². The maximum absolute atomic E-state index is 12.7. The van der Waals surface area contributed by atoms with Crippen molar-refractivity contribution in [2.75, 3.05) is 6.54 Å². The van der Waals surface area contributed by atoms with Gasteiger partial charge in [-0.15, -0.1) is 0 Å². The SMILES string of the molecule is CCNC(=NCc1ncnn1C)NC1CCC(C(F)(F)F)CC1. The molecule has 0 radical (unpaired) electrons. The van der Waals surface area contributed by atoms with Crippen LogP contribution < -0.4 is 10.6 Å². The summed E-state index contributed by atoms with van der Waals surface area (Å²) in [6.07, 6.45) is -1.27. The van der Waals surface area contributed by atoms with Crippen LogP contribution in [0.4, 0.5) is 13.2 Å². The quantitative estimate of drug-likeness (QED) is 0.654. The third-order valence-corrected chi connectivity index (χ3v) is 4.06. The number of aryl methyl sites for hydroxylation is 1. The van der Waals surface area contributed by atoms with Gasteiger partial charge in [0.25, 0.3) is 0 Å². The first-order valence-electron chi connectivity index (χ1n) is 7.84. The van der Waals surface area contributed by atoms with E-state index in [0.29, 0.717) is 31.9 Å². The topological polar surface area (TPSA) is 67.1 Å². The van der Waals surface area contributed by atoms with E-state index in [2.05, 4.69) is 25.7 Å². The van der Waals surface area contributed by atoms with E-state index in [4.69, 9.17) is 0 Å². The highest BCUT2D eigenvalue weighted by Gasteiger charge is 2.41. The molecular weight excluding hydrogens is 309 g/mol. The molecule has 1 aromatic heterocycles. The van der Waals surface area contributed by atoms with Gasteiger partial charge in [-0.3, -0.25) is 4.68 Å². The van der Waals surface area contributed by atoms with Crippen LogP contribution >= 0.6 is 0 Å². The molecule has 6 nitrogen and oxygen atoms in total. The molecule has 2 N–H and O–H groups in total. The van der Waals surface area contributed by atoms with Gasteiger partial charge >= 0.3 is 6.18 Å². The summed E-state index contributed by atoms with van der Waals surface area (Å²) in [7, 11) is 1.79. The first-order chi connectivity index (χ1) is 10.9. The van der Waals surface area contributed by atoms with Gasteiger partial charge in [-0.25, -0.2) is 9.98 Å². The summed E-state index contributed by atoms with van der Waals surface area (Å²) in [5, 5.41) is 10.3. The summed E-state index contributed by atoms with van der Waals surface area (Å²) in [5.74, 6) is 0.160. The lowest BCUT2D eigenvalue weighted by atomic mass is 9.85. The lowest BCUT2D eigenvalue weighted by Gasteiger charge is -2.31. The summed E-state index contributed by atoms with van der Waals surface area (Å²) in [4.78, 5) is 8.52. The zero-order valence-corrected chi connectivity index (χ0v) is 13.4. The highest BCUT2D eigenvalue weighted by molar-refractivity contribution is 5.80. The number of hydrogen-bond acceptors (Lipinski definition) is 3. The van der Waals surface area contributed by atoms with Gasteiger partial charge in [-0.1, -0.05) is 0 Å². The standard InChI is InChI=1S/C14H23F3N6/c1-3-18-13(19-8-12-20-9-21-23(12)2)22-11-6-4-10(5-7-11)14(15,16)17/h9-11H,3-8H2,1-2H3,(H2,18,19,22). The Balaban J connectivity index is 1.89. The molecule has 23 heavy (non-hydrogen) atoms. The van der Waals surface area contributed by atoms with Crippen LogP contribution in [0.15, 0.2) is 11.3 Å². The van der Waals surface area contributed by atoms with Crippen LogP contribution in [0.25, 0.3) is 0 Å². The third kappa shape index (κ3) is 5.11. The molecule has 9 heteroatoms. The monoisotopic (exact) mass is 332 g/mol. The van der Waals surface area contributed by atoms with E-state index in [-0.39, 0.29) is 18.9 Å². The Hall–Kier alpha value is -1.80. The van der Waals surface area contributed by atoms with Crippen molar-refractivity contribution >= 4 is 5.96 Å². The van der Waals surface area contributed by atoms with Crippen LogP contribution in [0.5, 0.6) is 0 Å². The molecule has 0 aliphatic heterocycles. The predicted molar refractivity (Wildman–Crippen MR) is 80.8 cm³/mol. The molecular formula is C14H23F3N6. The fourth-order valence-corrected chi connectivity index (χ4v) is 2.69. The van der Waals surface area contributed by atoms with Crippen LogP contribution in [0.3, 0.4) is 0 Å². The Morgan fingerprint density at radius 3 is 2.57 bits per heavy atom. The number of nitrogens with one attached hydrogen (secondary N) is 2. The Kier molecular flexibility index (Phi) is 5.84. The molecule has 0 aromatic carbocycles. The van der Waals surface area contributed by atoms with E-state index in [1.807, 2.05) is 6.92 Å². The molecule has 2 rings (SSSR count). The van der Waals surface area contributed by atoms with Gasteiger partial charge in [0.1, 0.15) is 18.7 Å². The van der Waals surface area contributed by atoms with Crippen molar-refractivity contribution in [3.05, 3.63) is 12.2 Å². The normalized spacial score (nSPS) is 22.9. The summed E-state index contributed by atoms with van der Waals surface area (Å²) in [6, 6.07) is 0.0193. The fraction of sp³-hybridized carbons (Fsp3) is 0.786. The van der Waals surface area contributed by atoms with E-state index in [9.17, 15) is 13.2 Å². The molecule has 1 fully saturated rings. The van der Waals surface area contributed by atoms with Gasteiger partial charge in [-0.05, 0) is 32.6 Å². The molecule has 0 amide bonds. The molecule has 0 saturated heterocycles. The van der Waals surface area contributed by atoms with Crippen LogP contribution in [0, 0.1) is 5.92 Å². The molecule has 130 valence electrons. The van der Waals surface area contributed by atoms with Gasteiger partial charge in [0.05, 0.1) is 5.92 Å². The predicted octanol–water partition coefficient (Wildman–Crippen LogP) is 1.99. The van der Waals surface area contributed by atoms with E-state index in [0.717, 1.165) is 5.82 Å². The first kappa shape index (κ1) is 17.6. The van der Waals surface area contributed by atoms with Crippen molar-refractivity contribution in [2.45, 2.75) is 51.4 Å². The summed E-state index contributed by atoms with van der Waals surface area (Å²) < 4.78 is 39.7. The molecule has 1 aliphatic carbocycles. The Bertz CT molecular complexity index is 517. The van der Waals surface area contributed by atoms with Gasteiger partial charge in [0.2, 0.25) is 0 Å². The molecule has 0 unspecified atom stereocenters. The third-order valence-electron chi connectivity index (χ3n) is 4.06. The van der Waals surface area contributed by atoms with Gasteiger partial charge in [0.15, 0.2) is 5.96 Å². The number of hydrogen-bond donors (Lipinski definition) is 2. The van der Waals surface area contributed by atoms with E-state index < -0.39 is 12.1 Å². The van der Waals surface area contributed by atoms with Crippen molar-refractivity contribution < 1.29 is 13.2 Å². The van der Waals surface area contributed by atoms with Crippen molar-refractivity contribution in [1.82, 2.24) is 25.4 Å². The summed E-state index contributed by atoms with van der Waals surface area (Å²) in [6.45, 7) is 2.99. The van der Waals surface area contributed by atoms with E-state index >= 15 is 0 Å². The van der Waals surface area contributed by atoms with Gasteiger partial charge in [0, 0.05) is 19.6 Å². The summed E-state index contributed by atoms with van der Waals surface area (Å²) >= 11 is 0. The molecule has 0 atom stereocenters. The van der Waals surface area contributed by atoms with Crippen molar-refractivity contribution in [3.63, 3.8) is 0 Å². The molecule has 1 heterocycles. The molecule has 1 aliphatic rings. The van der Waals surface area contributed by atoms with Crippen LogP contribution in [-0.2, 0) is 13.6 Å². The van der Waals surface area contributed by atoms with Crippen molar-refractivity contribution in [3.8, 4) is 0 Å². The highest BCUT2D eigenvalue weighted by atomic mass is 19.4. The number of halogens is 3. The van der Waals surface area contributed by atoms with Crippen LogP contribution in [0.1, 0.15) is 38.4 Å². The number of rotatable bonds is 4. The summed E-state index contributed by atoms with van der Waals surface area (Å²) in [5.41, 5.74) is 0. The minimum absolute atomic E-state index is 0.0193. The Labute approximate surface area is 133 Å². The Morgan fingerprint density at radius 1 is 1.35 bits per heavy atom. The number of aromatic nitrogens is 3. The lowest BCUT2D eigenvalue weighted by Crippen LogP contribution is -2.45. The molecule has 0 spiro atoms. The lowest BCUT2D eigenvalue weighted by molar-refractivity contribution is -0.182. The zero-order valence-electron chi connectivity index (χ0n) is 13.4. The van der Waals surface area contributed by atoms with Crippen LogP contribution in [-0.4, -0.2) is 39.5 Å². The molecule has 1 aromatic rings. The number of guanidine groups is 1. The largest absolute Gasteiger partial charge is 0.391 e. The molecule has 0 bridgehead atoms. The van der Waals surface area contributed by atoms with Gasteiger partial charge < -0.3 is 10.6 Å². The second-order valence-corrected chi connectivity index (χ2v) is 5.73.